The smallest absolute Gasteiger partial charge is 0.410 e. The van der Waals surface area contributed by atoms with Gasteiger partial charge in [-0.3, -0.25) is 0 Å². The Balaban J connectivity index is 2.45. The summed E-state index contributed by atoms with van der Waals surface area (Å²) in [4.78, 5) is 13.1. The lowest BCUT2D eigenvalue weighted by molar-refractivity contribution is -0.0198. The van der Waals surface area contributed by atoms with Crippen LogP contribution in [0.4, 0.5) is 13.6 Å². The summed E-state index contributed by atoms with van der Waals surface area (Å²) in [5.74, 6) is 0. The number of rotatable bonds is 3. The van der Waals surface area contributed by atoms with Crippen LogP contribution in [-0.2, 0) is 9.47 Å². The summed E-state index contributed by atoms with van der Waals surface area (Å²) in [5, 5.41) is 0. The van der Waals surface area contributed by atoms with E-state index >= 15 is 0 Å². The molecule has 7 heteroatoms. The number of carbonyl (C=O) groups is 1. The molecule has 18 heavy (non-hydrogen) atoms. The maximum absolute atomic E-state index is 12.0. The summed E-state index contributed by atoms with van der Waals surface area (Å²) in [6, 6.07) is 0. The molecule has 4 nitrogen and oxygen atoms in total. The monoisotopic (exact) mass is 329 g/mol. The third kappa shape index (κ3) is 5.06. The molecule has 2 unspecified atom stereocenters. The van der Waals surface area contributed by atoms with Gasteiger partial charge < -0.3 is 14.4 Å². The molecule has 106 valence electrons. The van der Waals surface area contributed by atoms with Crippen LogP contribution in [0.3, 0.4) is 0 Å². The van der Waals surface area contributed by atoms with E-state index in [2.05, 4.69) is 15.9 Å². The van der Waals surface area contributed by atoms with Crippen molar-refractivity contribution < 1.29 is 23.0 Å². The van der Waals surface area contributed by atoms with Gasteiger partial charge in [-0.1, -0.05) is 15.9 Å². The Kier molecular flexibility index (Phi) is 5.33. The fourth-order valence-electron chi connectivity index (χ4n) is 1.56. The number of nitrogens with zero attached hydrogens (tertiary/aromatic N) is 1. The molecule has 0 radical (unpaired) electrons. The van der Waals surface area contributed by atoms with Crippen LogP contribution in [0.25, 0.3) is 0 Å². The molecule has 1 fully saturated rings. The van der Waals surface area contributed by atoms with Crippen molar-refractivity contribution >= 4 is 22.0 Å². The Morgan fingerprint density at radius 1 is 1.44 bits per heavy atom. The van der Waals surface area contributed by atoms with Crippen molar-refractivity contribution in [3.05, 3.63) is 0 Å². The van der Waals surface area contributed by atoms with Crippen molar-refractivity contribution in [2.45, 2.75) is 43.7 Å². The standard InChI is InChI=1S/C11H18BrF2NO3/c1-11(2,3)18-10(16)15-4-7(12)8(5-15)17-6-9(13)14/h7-9H,4-6H2,1-3H3. The molecule has 0 spiro atoms. The Morgan fingerprint density at radius 3 is 2.56 bits per heavy atom. The van der Waals surface area contributed by atoms with E-state index in [-0.39, 0.29) is 11.4 Å². The second-order valence-corrected chi connectivity index (χ2v) is 6.34. The fraction of sp³-hybridized carbons (Fsp3) is 0.909. The van der Waals surface area contributed by atoms with E-state index in [1.807, 2.05) is 0 Å². The van der Waals surface area contributed by atoms with E-state index in [0.29, 0.717) is 6.54 Å². The van der Waals surface area contributed by atoms with Crippen LogP contribution >= 0.6 is 15.9 Å². The van der Waals surface area contributed by atoms with Crippen LogP contribution < -0.4 is 0 Å². The van der Waals surface area contributed by atoms with Crippen LogP contribution in [0, 0.1) is 0 Å². The van der Waals surface area contributed by atoms with Crippen LogP contribution in [-0.4, -0.2) is 53.6 Å². The van der Waals surface area contributed by atoms with Crippen molar-refractivity contribution in [3.8, 4) is 0 Å². The van der Waals surface area contributed by atoms with Gasteiger partial charge in [-0.25, -0.2) is 13.6 Å². The summed E-state index contributed by atoms with van der Waals surface area (Å²) >= 11 is 3.32. The lowest BCUT2D eigenvalue weighted by Crippen LogP contribution is -2.36. The minimum Gasteiger partial charge on any atom is -0.444 e. The van der Waals surface area contributed by atoms with E-state index in [1.165, 1.54) is 4.90 Å². The van der Waals surface area contributed by atoms with E-state index in [4.69, 9.17) is 9.47 Å². The highest BCUT2D eigenvalue weighted by molar-refractivity contribution is 9.09. The average molecular weight is 330 g/mol. The van der Waals surface area contributed by atoms with Gasteiger partial charge in [0, 0.05) is 6.54 Å². The molecule has 0 N–H and O–H groups in total. The zero-order valence-corrected chi connectivity index (χ0v) is 12.2. The fourth-order valence-corrected chi connectivity index (χ4v) is 2.23. The number of alkyl halides is 3. The van der Waals surface area contributed by atoms with Gasteiger partial charge >= 0.3 is 6.09 Å². The summed E-state index contributed by atoms with van der Waals surface area (Å²) in [5.41, 5.74) is -0.569. The van der Waals surface area contributed by atoms with E-state index in [0.717, 1.165) is 0 Å². The highest BCUT2D eigenvalue weighted by Gasteiger charge is 2.36. The van der Waals surface area contributed by atoms with Gasteiger partial charge in [-0.2, -0.15) is 0 Å². The van der Waals surface area contributed by atoms with Crippen LogP contribution in [0.1, 0.15) is 20.8 Å². The van der Waals surface area contributed by atoms with Crippen molar-refractivity contribution in [3.63, 3.8) is 0 Å². The van der Waals surface area contributed by atoms with Gasteiger partial charge in [0.1, 0.15) is 12.2 Å². The third-order valence-electron chi connectivity index (χ3n) is 2.29. The number of amides is 1. The Hall–Kier alpha value is -0.430. The molecular formula is C11H18BrF2NO3. The highest BCUT2D eigenvalue weighted by atomic mass is 79.9. The molecule has 0 aromatic carbocycles. The molecule has 1 rings (SSSR count). The number of ether oxygens (including phenoxy) is 2. The molecule has 1 aliphatic rings. The lowest BCUT2D eigenvalue weighted by atomic mass is 10.2. The second-order valence-electron chi connectivity index (χ2n) is 5.16. The largest absolute Gasteiger partial charge is 0.444 e. The molecule has 1 heterocycles. The molecule has 0 bridgehead atoms. The first kappa shape index (κ1) is 15.6. The quantitative estimate of drug-likeness (QED) is 0.747. The first-order valence-electron chi connectivity index (χ1n) is 5.71. The predicted molar refractivity (Wildman–Crippen MR) is 66.3 cm³/mol. The molecule has 1 saturated heterocycles. The first-order chi connectivity index (χ1) is 8.19. The Bertz CT molecular complexity index is 297. The topological polar surface area (TPSA) is 38.8 Å². The normalized spacial score (nSPS) is 24.7. The molecular weight excluding hydrogens is 312 g/mol. The van der Waals surface area contributed by atoms with Crippen LogP contribution in [0.2, 0.25) is 0 Å². The maximum atomic E-state index is 12.0. The predicted octanol–water partition coefficient (Wildman–Crippen LogP) is 2.65. The van der Waals surface area contributed by atoms with Crippen molar-refractivity contribution in [2.75, 3.05) is 19.7 Å². The molecule has 2 atom stereocenters. The Morgan fingerprint density at radius 2 is 2.06 bits per heavy atom. The van der Waals surface area contributed by atoms with Crippen LogP contribution in [0.5, 0.6) is 0 Å². The first-order valence-corrected chi connectivity index (χ1v) is 6.62. The minimum absolute atomic E-state index is 0.149. The molecule has 0 aromatic rings. The number of hydrogen-bond acceptors (Lipinski definition) is 3. The van der Waals surface area contributed by atoms with Gasteiger partial charge in [0.25, 0.3) is 6.43 Å². The van der Waals surface area contributed by atoms with Crippen molar-refractivity contribution in [2.24, 2.45) is 0 Å². The molecule has 1 amide bonds. The maximum Gasteiger partial charge on any atom is 0.410 e. The zero-order chi connectivity index (χ0) is 13.9. The zero-order valence-electron chi connectivity index (χ0n) is 10.7. The van der Waals surface area contributed by atoms with E-state index in [1.54, 1.807) is 20.8 Å². The van der Waals surface area contributed by atoms with Crippen molar-refractivity contribution in [1.82, 2.24) is 4.90 Å². The second kappa shape index (κ2) is 6.14. The van der Waals surface area contributed by atoms with Gasteiger partial charge in [0.05, 0.1) is 17.5 Å². The summed E-state index contributed by atoms with van der Waals surface area (Å²) < 4.78 is 34.3. The minimum atomic E-state index is -2.50. The third-order valence-corrected chi connectivity index (χ3v) is 3.17. The number of likely N-dealkylation sites (tertiary alicyclic amines) is 1. The summed E-state index contributed by atoms with van der Waals surface area (Å²) in [6.07, 6.45) is -3.37. The van der Waals surface area contributed by atoms with Gasteiger partial charge in [-0.15, -0.1) is 0 Å². The summed E-state index contributed by atoms with van der Waals surface area (Å²) in [7, 11) is 0. The number of hydrogen-bond donors (Lipinski definition) is 0. The van der Waals surface area contributed by atoms with Gasteiger partial charge in [0.15, 0.2) is 0 Å². The SMILES string of the molecule is CC(C)(C)OC(=O)N1CC(Br)C(OCC(F)F)C1. The summed E-state index contributed by atoms with van der Waals surface area (Å²) in [6.45, 7) is 5.36. The van der Waals surface area contributed by atoms with Crippen molar-refractivity contribution in [1.29, 1.82) is 0 Å². The average Bonchev–Trinajstić information content (AvgIpc) is 2.54. The molecule has 0 aromatic heterocycles. The number of halogens is 3. The number of carbonyl (C=O) groups excluding carboxylic acids is 1. The van der Waals surface area contributed by atoms with Gasteiger partial charge in [-0.05, 0) is 20.8 Å². The molecule has 0 saturated carbocycles. The van der Waals surface area contributed by atoms with E-state index < -0.39 is 30.8 Å². The Labute approximate surface area is 114 Å². The highest BCUT2D eigenvalue weighted by Crippen LogP contribution is 2.23. The molecule has 0 aliphatic carbocycles. The lowest BCUT2D eigenvalue weighted by Gasteiger charge is -2.24. The van der Waals surface area contributed by atoms with Crippen LogP contribution in [0.15, 0.2) is 0 Å². The molecule has 1 aliphatic heterocycles. The van der Waals surface area contributed by atoms with E-state index in [9.17, 15) is 13.6 Å². The van der Waals surface area contributed by atoms with Gasteiger partial charge in [0.2, 0.25) is 0 Å².